The van der Waals surface area contributed by atoms with Gasteiger partial charge in [-0.05, 0) is 18.2 Å². The van der Waals surface area contributed by atoms with Crippen LogP contribution >= 0.6 is 23.2 Å². The monoisotopic (exact) mass is 482 g/mol. The van der Waals surface area contributed by atoms with Crippen molar-refractivity contribution in [2.45, 2.75) is 13.0 Å². The number of benzene rings is 1. The lowest BCUT2D eigenvalue weighted by Crippen LogP contribution is -2.47. The van der Waals surface area contributed by atoms with Gasteiger partial charge in [0.25, 0.3) is 0 Å². The number of carbonyl (C=O) groups excluding carboxylic acids is 2. The van der Waals surface area contributed by atoms with Crippen molar-refractivity contribution in [2.75, 3.05) is 54.0 Å². The Kier molecular flexibility index (Phi) is 6.52. The van der Waals surface area contributed by atoms with Crippen molar-refractivity contribution < 1.29 is 18.7 Å². The van der Waals surface area contributed by atoms with E-state index in [0.29, 0.717) is 43.5 Å². The molecule has 1 aromatic carbocycles. The summed E-state index contributed by atoms with van der Waals surface area (Å²) < 4.78 is 20.2. The van der Waals surface area contributed by atoms with Crippen LogP contribution in [0.3, 0.4) is 0 Å². The maximum Gasteiger partial charge on any atom is 0.414 e. The predicted molar refractivity (Wildman–Crippen MR) is 119 cm³/mol. The third-order valence-electron chi connectivity index (χ3n) is 5.25. The normalized spacial score (nSPS) is 18.7. The Morgan fingerprint density at radius 1 is 1.16 bits per heavy atom. The minimum Gasteiger partial charge on any atom is -0.442 e. The Bertz CT molecular complexity index is 1010. The van der Waals surface area contributed by atoms with Crippen LogP contribution in [-0.2, 0) is 9.53 Å². The molecule has 1 aromatic heterocycles. The van der Waals surface area contributed by atoms with E-state index < -0.39 is 18.0 Å². The molecule has 12 heteroatoms. The first kappa shape index (κ1) is 22.3. The van der Waals surface area contributed by atoms with Crippen molar-refractivity contribution >= 4 is 52.5 Å². The number of aromatic nitrogens is 2. The number of amides is 2. The molecule has 0 spiro atoms. The van der Waals surface area contributed by atoms with Crippen LogP contribution in [0.2, 0.25) is 10.3 Å². The zero-order valence-corrected chi connectivity index (χ0v) is 18.7. The molecule has 0 aliphatic carbocycles. The van der Waals surface area contributed by atoms with Crippen LogP contribution in [-0.4, -0.2) is 67.3 Å². The Hall–Kier alpha value is -2.85. The zero-order chi connectivity index (χ0) is 22.8. The first-order valence-electron chi connectivity index (χ1n) is 10.0. The molecule has 0 unspecified atom stereocenters. The molecule has 1 N–H and O–H groups in total. The van der Waals surface area contributed by atoms with Crippen molar-refractivity contribution in [3.8, 4) is 0 Å². The van der Waals surface area contributed by atoms with Crippen LogP contribution in [0.15, 0.2) is 24.3 Å². The van der Waals surface area contributed by atoms with E-state index in [0.717, 1.165) is 0 Å². The minimum absolute atomic E-state index is 0.208. The second kappa shape index (κ2) is 9.33. The zero-order valence-electron chi connectivity index (χ0n) is 17.2. The molecule has 2 aromatic rings. The highest BCUT2D eigenvalue weighted by molar-refractivity contribution is 6.33. The number of carbonyl (C=O) groups is 2. The average molecular weight is 483 g/mol. The number of ether oxygens (including phenoxy) is 1. The summed E-state index contributed by atoms with van der Waals surface area (Å²) in [6.45, 7) is 4.08. The molecule has 9 nitrogen and oxygen atoms in total. The minimum atomic E-state index is -0.568. The number of anilines is 3. The fraction of sp³-hybridized carbons (Fsp3) is 0.400. The summed E-state index contributed by atoms with van der Waals surface area (Å²) in [5.41, 5.74) is 0.850. The lowest BCUT2D eigenvalue weighted by Gasteiger charge is -2.36. The Labute approximate surface area is 194 Å². The molecule has 2 saturated heterocycles. The van der Waals surface area contributed by atoms with Gasteiger partial charge in [-0.2, -0.15) is 0 Å². The summed E-state index contributed by atoms with van der Waals surface area (Å²) >= 11 is 11.9. The highest BCUT2D eigenvalue weighted by atomic mass is 35.5. The standard InChI is InChI=1S/C20H21Cl2FN6O3/c1-12(30)24-10-14-11-29(20(31)32-14)13-2-3-16(15(23)8-13)27-4-6-28(7-5-27)19-25-17(21)9-18(22)26-19/h2-3,8-9,14H,4-7,10-11H2,1H3,(H,24,30)/t14-/m0/s1. The number of piperazine rings is 1. The van der Waals surface area contributed by atoms with Gasteiger partial charge in [0.05, 0.1) is 24.5 Å². The Balaban J connectivity index is 1.40. The second-order valence-corrected chi connectivity index (χ2v) is 8.25. The Morgan fingerprint density at radius 3 is 2.44 bits per heavy atom. The third kappa shape index (κ3) is 4.97. The van der Waals surface area contributed by atoms with E-state index in [1.165, 1.54) is 24.0 Å². The maximum absolute atomic E-state index is 14.9. The lowest BCUT2D eigenvalue weighted by atomic mass is 10.2. The van der Waals surface area contributed by atoms with E-state index in [1.807, 2.05) is 9.80 Å². The predicted octanol–water partition coefficient (Wildman–Crippen LogP) is 2.71. The molecule has 2 fully saturated rings. The van der Waals surface area contributed by atoms with Gasteiger partial charge in [0.15, 0.2) is 0 Å². The van der Waals surface area contributed by atoms with Gasteiger partial charge in [0.1, 0.15) is 22.2 Å². The number of rotatable bonds is 5. The molecule has 2 aliphatic heterocycles. The van der Waals surface area contributed by atoms with Crippen LogP contribution in [0.25, 0.3) is 0 Å². The molecule has 0 bridgehead atoms. The number of hydrogen-bond acceptors (Lipinski definition) is 7. The van der Waals surface area contributed by atoms with Crippen molar-refractivity contribution in [1.29, 1.82) is 0 Å². The van der Waals surface area contributed by atoms with Crippen LogP contribution in [0.4, 0.5) is 26.5 Å². The molecular formula is C20H21Cl2FN6O3. The van der Waals surface area contributed by atoms with Gasteiger partial charge in [-0.1, -0.05) is 23.2 Å². The maximum atomic E-state index is 14.9. The van der Waals surface area contributed by atoms with Gasteiger partial charge in [-0.25, -0.2) is 19.2 Å². The third-order valence-corrected chi connectivity index (χ3v) is 5.64. The summed E-state index contributed by atoms with van der Waals surface area (Å²) in [5.74, 6) is -0.199. The number of nitrogens with one attached hydrogen (secondary N) is 1. The molecule has 0 radical (unpaired) electrons. The summed E-state index contributed by atoms with van der Waals surface area (Å²) in [6, 6.07) is 6.13. The van der Waals surface area contributed by atoms with E-state index in [1.54, 1.807) is 12.1 Å². The SMILES string of the molecule is CC(=O)NC[C@H]1CN(c2ccc(N3CCN(c4nc(Cl)cc(Cl)n4)CC3)c(F)c2)C(=O)O1. The fourth-order valence-corrected chi connectivity index (χ4v) is 4.10. The van der Waals surface area contributed by atoms with E-state index in [9.17, 15) is 14.0 Å². The van der Waals surface area contributed by atoms with Crippen LogP contribution in [0.1, 0.15) is 6.92 Å². The van der Waals surface area contributed by atoms with Crippen molar-refractivity contribution in [1.82, 2.24) is 15.3 Å². The number of nitrogens with zero attached hydrogens (tertiary/aromatic N) is 5. The lowest BCUT2D eigenvalue weighted by molar-refractivity contribution is -0.119. The largest absolute Gasteiger partial charge is 0.442 e. The van der Waals surface area contributed by atoms with Gasteiger partial charge in [-0.3, -0.25) is 9.69 Å². The number of halogens is 3. The molecule has 4 rings (SSSR count). The number of cyclic esters (lactones) is 1. The highest BCUT2D eigenvalue weighted by Crippen LogP contribution is 2.29. The number of hydrogen-bond donors (Lipinski definition) is 1. The highest BCUT2D eigenvalue weighted by Gasteiger charge is 2.33. The van der Waals surface area contributed by atoms with Crippen LogP contribution in [0.5, 0.6) is 0 Å². The topological polar surface area (TPSA) is 90.9 Å². The van der Waals surface area contributed by atoms with E-state index >= 15 is 0 Å². The summed E-state index contributed by atoms with van der Waals surface area (Å²) in [6.07, 6.45) is -1.05. The van der Waals surface area contributed by atoms with Crippen molar-refractivity contribution in [3.05, 3.63) is 40.4 Å². The molecule has 2 aliphatic rings. The first-order valence-corrected chi connectivity index (χ1v) is 10.8. The molecule has 32 heavy (non-hydrogen) atoms. The summed E-state index contributed by atoms with van der Waals surface area (Å²) in [4.78, 5) is 36.8. The Morgan fingerprint density at radius 2 is 1.81 bits per heavy atom. The first-order chi connectivity index (χ1) is 15.3. The van der Waals surface area contributed by atoms with Crippen molar-refractivity contribution in [2.24, 2.45) is 0 Å². The van der Waals surface area contributed by atoms with Gasteiger partial charge >= 0.3 is 6.09 Å². The molecule has 1 atom stereocenters. The van der Waals surface area contributed by atoms with Gasteiger partial charge in [0.2, 0.25) is 11.9 Å². The fourth-order valence-electron chi connectivity index (χ4n) is 3.68. The average Bonchev–Trinajstić information content (AvgIpc) is 3.12. The summed E-state index contributed by atoms with van der Waals surface area (Å²) in [7, 11) is 0. The van der Waals surface area contributed by atoms with Crippen LogP contribution < -0.4 is 20.0 Å². The van der Waals surface area contributed by atoms with Crippen molar-refractivity contribution in [3.63, 3.8) is 0 Å². The van der Waals surface area contributed by atoms with E-state index in [4.69, 9.17) is 27.9 Å². The molecule has 3 heterocycles. The van der Waals surface area contributed by atoms with Gasteiger partial charge < -0.3 is 19.9 Å². The smallest absolute Gasteiger partial charge is 0.414 e. The van der Waals surface area contributed by atoms with E-state index in [-0.39, 0.29) is 29.3 Å². The summed E-state index contributed by atoms with van der Waals surface area (Å²) in [5, 5.41) is 3.15. The van der Waals surface area contributed by atoms with E-state index in [2.05, 4.69) is 15.3 Å². The molecular weight excluding hydrogens is 462 g/mol. The molecule has 170 valence electrons. The van der Waals surface area contributed by atoms with Gasteiger partial charge in [-0.15, -0.1) is 0 Å². The van der Waals surface area contributed by atoms with Crippen LogP contribution in [0, 0.1) is 5.82 Å². The molecule has 0 saturated carbocycles. The molecule has 2 amide bonds. The quantitative estimate of drug-likeness (QED) is 0.655. The van der Waals surface area contributed by atoms with Gasteiger partial charge in [0, 0.05) is 39.2 Å². The second-order valence-electron chi connectivity index (χ2n) is 7.48.